The van der Waals surface area contributed by atoms with Crippen LogP contribution in [0.15, 0.2) is 66.7 Å². The van der Waals surface area contributed by atoms with Crippen molar-refractivity contribution in [2.75, 3.05) is 14.2 Å². The molecule has 3 rings (SSSR count). The summed E-state index contributed by atoms with van der Waals surface area (Å²) in [6.45, 7) is 0.354. The molecule has 3 aromatic carbocycles. The van der Waals surface area contributed by atoms with Gasteiger partial charge in [0.25, 0.3) is 5.91 Å². The first kappa shape index (κ1) is 21.2. The molecule has 0 bridgehead atoms. The Hall–Kier alpha value is -3.51. The summed E-state index contributed by atoms with van der Waals surface area (Å²) in [5.74, 6) is 1.16. The van der Waals surface area contributed by atoms with Gasteiger partial charge in [0, 0.05) is 35.3 Å². The molecule has 0 aliphatic heterocycles. The lowest BCUT2D eigenvalue weighted by Crippen LogP contribution is -2.26. The van der Waals surface area contributed by atoms with Gasteiger partial charge in [-0.15, -0.1) is 0 Å². The quantitative estimate of drug-likeness (QED) is 0.604. The summed E-state index contributed by atoms with van der Waals surface area (Å²) in [6.07, 6.45) is 0. The van der Waals surface area contributed by atoms with Crippen molar-refractivity contribution in [1.29, 1.82) is 0 Å². The normalized spacial score (nSPS) is 10.4. The van der Waals surface area contributed by atoms with Crippen molar-refractivity contribution in [3.8, 4) is 17.2 Å². The average Bonchev–Trinajstić information content (AvgIpc) is 2.74. The number of halogens is 1. The van der Waals surface area contributed by atoms with Crippen molar-refractivity contribution >= 4 is 23.4 Å². The maximum atomic E-state index is 12.8. The van der Waals surface area contributed by atoms with Crippen LogP contribution in [0.4, 0.5) is 0 Å². The Labute approximate surface area is 179 Å². The second-order valence-corrected chi connectivity index (χ2v) is 7.07. The molecule has 6 nitrogen and oxygen atoms in total. The van der Waals surface area contributed by atoms with Gasteiger partial charge in [0.15, 0.2) is 0 Å². The van der Waals surface area contributed by atoms with Crippen LogP contribution in [0.3, 0.4) is 0 Å². The highest BCUT2D eigenvalue weighted by atomic mass is 35.5. The fraction of sp³-hybridized carbons (Fsp3) is 0.130. The van der Waals surface area contributed by atoms with E-state index in [-0.39, 0.29) is 5.91 Å². The number of rotatable bonds is 7. The summed E-state index contributed by atoms with van der Waals surface area (Å²) in [4.78, 5) is 25.5. The van der Waals surface area contributed by atoms with E-state index in [9.17, 15) is 9.59 Å². The highest BCUT2D eigenvalue weighted by molar-refractivity contribution is 6.30. The largest absolute Gasteiger partial charge is 0.496 e. The average molecular weight is 425 g/mol. The van der Waals surface area contributed by atoms with E-state index in [1.165, 1.54) is 0 Å². The number of ether oxygens (including phenoxy) is 2. The number of nitrogens with zero attached hydrogens (tertiary/aromatic N) is 1. The van der Waals surface area contributed by atoms with Crippen LogP contribution in [0, 0.1) is 0 Å². The maximum absolute atomic E-state index is 12.8. The molecule has 7 heteroatoms. The van der Waals surface area contributed by atoms with Crippen molar-refractivity contribution in [2.45, 2.75) is 6.54 Å². The molecule has 0 saturated heterocycles. The van der Waals surface area contributed by atoms with Crippen LogP contribution in [0.25, 0.3) is 0 Å². The highest BCUT2D eigenvalue weighted by Crippen LogP contribution is 2.25. The van der Waals surface area contributed by atoms with Gasteiger partial charge in [-0.1, -0.05) is 11.6 Å². The zero-order valence-electron chi connectivity index (χ0n) is 16.6. The zero-order valence-corrected chi connectivity index (χ0v) is 17.3. The smallest absolute Gasteiger partial charge is 0.253 e. The van der Waals surface area contributed by atoms with E-state index < -0.39 is 5.91 Å². The molecule has 0 saturated carbocycles. The summed E-state index contributed by atoms with van der Waals surface area (Å²) >= 11 is 6.07. The Morgan fingerprint density at radius 3 is 2.03 bits per heavy atom. The molecule has 154 valence electrons. The first-order valence-corrected chi connectivity index (χ1v) is 9.51. The van der Waals surface area contributed by atoms with Crippen LogP contribution in [-0.2, 0) is 6.54 Å². The van der Waals surface area contributed by atoms with Gasteiger partial charge < -0.3 is 20.1 Å². The Balaban J connectivity index is 1.67. The van der Waals surface area contributed by atoms with Crippen LogP contribution in [0.2, 0.25) is 5.02 Å². The molecule has 0 aromatic heterocycles. The SMILES string of the molecule is COc1ccc(Cl)cc1CN(C)C(=O)c1ccc(Oc2ccc(C(N)=O)cc2)cc1. The third kappa shape index (κ3) is 5.10. The molecule has 2 N–H and O–H groups in total. The minimum Gasteiger partial charge on any atom is -0.496 e. The minimum atomic E-state index is -0.496. The van der Waals surface area contributed by atoms with E-state index in [4.69, 9.17) is 26.8 Å². The van der Waals surface area contributed by atoms with E-state index in [1.807, 2.05) is 0 Å². The van der Waals surface area contributed by atoms with Crippen LogP contribution in [0.1, 0.15) is 26.3 Å². The topological polar surface area (TPSA) is 81.9 Å². The van der Waals surface area contributed by atoms with Gasteiger partial charge in [0.2, 0.25) is 5.91 Å². The molecular weight excluding hydrogens is 404 g/mol. The van der Waals surface area contributed by atoms with Gasteiger partial charge in [-0.3, -0.25) is 9.59 Å². The fourth-order valence-corrected chi connectivity index (χ4v) is 3.10. The van der Waals surface area contributed by atoms with Gasteiger partial charge >= 0.3 is 0 Å². The Kier molecular flexibility index (Phi) is 6.59. The Morgan fingerprint density at radius 2 is 1.50 bits per heavy atom. The van der Waals surface area contributed by atoms with E-state index in [1.54, 1.807) is 85.8 Å². The lowest BCUT2D eigenvalue weighted by Gasteiger charge is -2.19. The van der Waals surface area contributed by atoms with E-state index in [0.717, 1.165) is 5.56 Å². The molecule has 0 unspecified atom stereocenters. The van der Waals surface area contributed by atoms with Crippen LogP contribution in [0.5, 0.6) is 17.2 Å². The van der Waals surface area contributed by atoms with Crippen molar-refractivity contribution in [3.63, 3.8) is 0 Å². The minimum absolute atomic E-state index is 0.144. The molecule has 0 aliphatic rings. The highest BCUT2D eigenvalue weighted by Gasteiger charge is 2.15. The summed E-state index contributed by atoms with van der Waals surface area (Å²) in [5, 5.41) is 0.581. The van der Waals surface area contributed by atoms with Crippen molar-refractivity contribution in [1.82, 2.24) is 4.90 Å². The number of carbonyl (C=O) groups excluding carboxylic acids is 2. The zero-order chi connectivity index (χ0) is 21.7. The number of hydrogen-bond donors (Lipinski definition) is 1. The molecule has 0 heterocycles. The predicted molar refractivity (Wildman–Crippen MR) is 115 cm³/mol. The predicted octanol–water partition coefficient (Wildman–Crippen LogP) is 4.51. The second-order valence-electron chi connectivity index (χ2n) is 6.63. The first-order chi connectivity index (χ1) is 14.4. The molecule has 0 atom stereocenters. The van der Waals surface area contributed by atoms with E-state index in [2.05, 4.69) is 0 Å². The number of carbonyl (C=O) groups is 2. The number of hydrogen-bond acceptors (Lipinski definition) is 4. The van der Waals surface area contributed by atoms with Crippen molar-refractivity contribution < 1.29 is 19.1 Å². The van der Waals surface area contributed by atoms with Crippen molar-refractivity contribution in [2.24, 2.45) is 5.73 Å². The fourth-order valence-electron chi connectivity index (χ4n) is 2.91. The van der Waals surface area contributed by atoms with Gasteiger partial charge in [-0.05, 0) is 66.7 Å². The van der Waals surface area contributed by atoms with Gasteiger partial charge in [-0.25, -0.2) is 0 Å². The molecular formula is C23H21ClN2O4. The summed E-state index contributed by atoms with van der Waals surface area (Å²) in [7, 11) is 3.29. The van der Waals surface area contributed by atoms with Crippen LogP contribution < -0.4 is 15.2 Å². The van der Waals surface area contributed by atoms with E-state index in [0.29, 0.717) is 39.9 Å². The number of methoxy groups -OCH3 is 1. The molecule has 3 aromatic rings. The lowest BCUT2D eigenvalue weighted by atomic mass is 10.1. The molecule has 0 aliphatic carbocycles. The summed E-state index contributed by atoms with van der Waals surface area (Å²) < 4.78 is 11.1. The maximum Gasteiger partial charge on any atom is 0.253 e. The Bertz CT molecular complexity index is 1050. The Morgan fingerprint density at radius 1 is 0.933 bits per heavy atom. The number of benzene rings is 3. The third-order valence-electron chi connectivity index (χ3n) is 4.47. The standard InChI is InChI=1S/C23H21ClN2O4/c1-26(14-17-13-18(24)7-12-21(17)29-2)23(28)16-5-10-20(11-6-16)30-19-8-3-15(4-9-19)22(25)27/h3-13H,14H2,1-2H3,(H2,25,27). The van der Waals surface area contributed by atoms with Gasteiger partial charge in [-0.2, -0.15) is 0 Å². The van der Waals surface area contributed by atoms with Gasteiger partial charge in [0.05, 0.1) is 7.11 Å². The molecule has 2 amide bonds. The molecule has 30 heavy (non-hydrogen) atoms. The number of primary amides is 1. The van der Waals surface area contributed by atoms with Gasteiger partial charge in [0.1, 0.15) is 17.2 Å². The van der Waals surface area contributed by atoms with Crippen LogP contribution >= 0.6 is 11.6 Å². The third-order valence-corrected chi connectivity index (χ3v) is 4.71. The lowest BCUT2D eigenvalue weighted by molar-refractivity contribution is 0.0784. The first-order valence-electron chi connectivity index (χ1n) is 9.13. The monoisotopic (exact) mass is 424 g/mol. The number of nitrogens with two attached hydrogens (primary N) is 1. The molecule has 0 spiro atoms. The summed E-state index contributed by atoms with van der Waals surface area (Å²) in [6, 6.07) is 18.6. The molecule has 0 radical (unpaired) electrons. The number of amides is 2. The second kappa shape index (κ2) is 9.33. The van der Waals surface area contributed by atoms with Crippen LogP contribution in [-0.4, -0.2) is 30.9 Å². The van der Waals surface area contributed by atoms with E-state index >= 15 is 0 Å². The summed E-state index contributed by atoms with van der Waals surface area (Å²) in [5.41, 5.74) is 6.98. The van der Waals surface area contributed by atoms with Crippen molar-refractivity contribution in [3.05, 3.63) is 88.4 Å². The molecule has 0 fully saturated rings.